The van der Waals surface area contributed by atoms with Crippen LogP contribution in [0.1, 0.15) is 43.1 Å². The Morgan fingerprint density at radius 1 is 1.11 bits per heavy atom. The van der Waals surface area contributed by atoms with Crippen LogP contribution < -0.4 is 10.1 Å². The Morgan fingerprint density at radius 3 is 2.41 bits per heavy atom. The summed E-state index contributed by atoms with van der Waals surface area (Å²) >= 11 is 6.07. The van der Waals surface area contributed by atoms with Crippen LogP contribution in [0.5, 0.6) is 5.75 Å². The Bertz CT molecular complexity index is 804. The van der Waals surface area contributed by atoms with E-state index in [0.29, 0.717) is 22.0 Å². The standard InChI is InChI=1S/C21H24ClNO4/c1-5-13(2)26-21(25)15(4)27-17-11-9-16(10-12-17)20(24)23-19-8-6-7-18(22)14(19)3/h6-13,15H,5H2,1-4H3,(H,23,24). The van der Waals surface area contributed by atoms with E-state index >= 15 is 0 Å². The number of ether oxygens (including phenoxy) is 2. The lowest BCUT2D eigenvalue weighted by atomic mass is 10.1. The van der Waals surface area contributed by atoms with Crippen molar-refractivity contribution in [3.63, 3.8) is 0 Å². The van der Waals surface area contributed by atoms with Gasteiger partial charge in [-0.2, -0.15) is 0 Å². The molecular weight excluding hydrogens is 366 g/mol. The van der Waals surface area contributed by atoms with Crippen LogP contribution in [0, 0.1) is 6.92 Å². The third-order valence-electron chi connectivity index (χ3n) is 4.17. The molecule has 0 heterocycles. The lowest BCUT2D eigenvalue weighted by Gasteiger charge is -2.17. The zero-order valence-electron chi connectivity index (χ0n) is 15.9. The third kappa shape index (κ3) is 5.73. The lowest BCUT2D eigenvalue weighted by molar-refractivity contribution is -0.155. The van der Waals surface area contributed by atoms with Crippen molar-refractivity contribution in [2.24, 2.45) is 0 Å². The van der Waals surface area contributed by atoms with Crippen LogP contribution in [0.2, 0.25) is 5.02 Å². The van der Waals surface area contributed by atoms with Crippen molar-refractivity contribution >= 4 is 29.2 Å². The molecular formula is C21H24ClNO4. The van der Waals surface area contributed by atoms with E-state index < -0.39 is 12.1 Å². The first kappa shape index (κ1) is 20.8. The minimum Gasteiger partial charge on any atom is -0.479 e. The smallest absolute Gasteiger partial charge is 0.347 e. The molecule has 5 nitrogen and oxygen atoms in total. The summed E-state index contributed by atoms with van der Waals surface area (Å²) in [6.45, 7) is 7.25. The highest BCUT2D eigenvalue weighted by Crippen LogP contribution is 2.24. The van der Waals surface area contributed by atoms with Crippen molar-refractivity contribution in [1.29, 1.82) is 0 Å². The second-order valence-electron chi connectivity index (χ2n) is 6.31. The Balaban J connectivity index is 1.99. The average Bonchev–Trinajstić information content (AvgIpc) is 2.65. The number of esters is 1. The van der Waals surface area contributed by atoms with Crippen LogP contribution in [0.25, 0.3) is 0 Å². The van der Waals surface area contributed by atoms with Gasteiger partial charge in [-0.05, 0) is 69.2 Å². The number of carbonyl (C=O) groups is 2. The molecule has 1 N–H and O–H groups in total. The van der Waals surface area contributed by atoms with Gasteiger partial charge in [0, 0.05) is 16.3 Å². The molecule has 144 valence electrons. The number of hydrogen-bond acceptors (Lipinski definition) is 4. The first-order valence-corrected chi connectivity index (χ1v) is 9.23. The van der Waals surface area contributed by atoms with E-state index in [1.807, 2.05) is 20.8 Å². The maximum atomic E-state index is 12.4. The molecule has 1 amide bonds. The molecule has 2 aromatic rings. The quantitative estimate of drug-likeness (QED) is 0.676. The molecule has 0 aliphatic heterocycles. The molecule has 2 rings (SSSR count). The molecule has 0 fully saturated rings. The summed E-state index contributed by atoms with van der Waals surface area (Å²) in [4.78, 5) is 24.3. The maximum absolute atomic E-state index is 12.4. The highest BCUT2D eigenvalue weighted by molar-refractivity contribution is 6.31. The van der Waals surface area contributed by atoms with Gasteiger partial charge in [0.25, 0.3) is 5.91 Å². The summed E-state index contributed by atoms with van der Waals surface area (Å²) in [5, 5.41) is 3.43. The largest absolute Gasteiger partial charge is 0.479 e. The van der Waals surface area contributed by atoms with Gasteiger partial charge >= 0.3 is 5.97 Å². The molecule has 2 aromatic carbocycles. The van der Waals surface area contributed by atoms with E-state index in [4.69, 9.17) is 21.1 Å². The lowest BCUT2D eigenvalue weighted by Crippen LogP contribution is -2.29. The molecule has 0 aromatic heterocycles. The summed E-state index contributed by atoms with van der Waals surface area (Å²) < 4.78 is 10.8. The minimum atomic E-state index is -0.729. The fourth-order valence-corrected chi connectivity index (χ4v) is 2.43. The molecule has 6 heteroatoms. The SMILES string of the molecule is CCC(C)OC(=O)C(C)Oc1ccc(C(=O)Nc2cccc(Cl)c2C)cc1. The van der Waals surface area contributed by atoms with Gasteiger partial charge in [-0.25, -0.2) is 4.79 Å². The van der Waals surface area contributed by atoms with E-state index in [-0.39, 0.29) is 12.0 Å². The minimum absolute atomic E-state index is 0.149. The number of benzene rings is 2. The fraction of sp³-hybridized carbons (Fsp3) is 0.333. The molecule has 0 saturated carbocycles. The molecule has 0 spiro atoms. The predicted octanol–water partition coefficient (Wildman–Crippen LogP) is 5.01. The van der Waals surface area contributed by atoms with E-state index in [0.717, 1.165) is 12.0 Å². The molecule has 0 aliphatic rings. The summed E-state index contributed by atoms with van der Waals surface area (Å²) in [6.07, 6.45) is -0.133. The van der Waals surface area contributed by atoms with Crippen LogP contribution >= 0.6 is 11.6 Å². The van der Waals surface area contributed by atoms with Crippen molar-refractivity contribution in [3.8, 4) is 5.75 Å². The van der Waals surface area contributed by atoms with Gasteiger partial charge in [0.1, 0.15) is 5.75 Å². The average molecular weight is 390 g/mol. The van der Waals surface area contributed by atoms with Crippen molar-refractivity contribution in [3.05, 3.63) is 58.6 Å². The van der Waals surface area contributed by atoms with Gasteiger partial charge in [0.05, 0.1) is 6.10 Å². The molecule has 0 bridgehead atoms. The van der Waals surface area contributed by atoms with Gasteiger partial charge in [-0.3, -0.25) is 4.79 Å². The van der Waals surface area contributed by atoms with Crippen LogP contribution in [-0.2, 0) is 9.53 Å². The number of anilines is 1. The summed E-state index contributed by atoms with van der Waals surface area (Å²) in [5.74, 6) is -0.183. The topological polar surface area (TPSA) is 64.6 Å². The Labute approximate surface area is 164 Å². The Hall–Kier alpha value is -2.53. The van der Waals surface area contributed by atoms with E-state index in [9.17, 15) is 9.59 Å². The molecule has 0 aliphatic carbocycles. The number of nitrogens with one attached hydrogen (secondary N) is 1. The summed E-state index contributed by atoms with van der Waals surface area (Å²) in [6, 6.07) is 11.9. The zero-order valence-corrected chi connectivity index (χ0v) is 16.7. The first-order valence-electron chi connectivity index (χ1n) is 8.85. The molecule has 2 atom stereocenters. The highest BCUT2D eigenvalue weighted by atomic mass is 35.5. The first-order chi connectivity index (χ1) is 12.8. The van der Waals surface area contributed by atoms with E-state index in [2.05, 4.69) is 5.32 Å². The number of halogens is 1. The van der Waals surface area contributed by atoms with Crippen molar-refractivity contribution in [2.75, 3.05) is 5.32 Å². The van der Waals surface area contributed by atoms with Gasteiger partial charge in [-0.1, -0.05) is 24.6 Å². The van der Waals surface area contributed by atoms with Crippen LogP contribution in [0.3, 0.4) is 0 Å². The van der Waals surface area contributed by atoms with E-state index in [1.54, 1.807) is 49.4 Å². The monoisotopic (exact) mass is 389 g/mol. The fourth-order valence-electron chi connectivity index (χ4n) is 2.25. The van der Waals surface area contributed by atoms with Crippen molar-refractivity contribution < 1.29 is 19.1 Å². The van der Waals surface area contributed by atoms with Gasteiger partial charge in [-0.15, -0.1) is 0 Å². The summed E-state index contributed by atoms with van der Waals surface area (Å²) in [7, 11) is 0. The third-order valence-corrected chi connectivity index (χ3v) is 4.58. The second kappa shape index (κ2) is 9.42. The maximum Gasteiger partial charge on any atom is 0.347 e. The van der Waals surface area contributed by atoms with Crippen LogP contribution in [0.4, 0.5) is 5.69 Å². The van der Waals surface area contributed by atoms with Gasteiger partial charge in [0.2, 0.25) is 0 Å². The predicted molar refractivity (Wildman–Crippen MR) is 107 cm³/mol. The normalized spacial score (nSPS) is 12.8. The summed E-state index contributed by atoms with van der Waals surface area (Å²) in [5.41, 5.74) is 1.94. The number of hydrogen-bond donors (Lipinski definition) is 1. The second-order valence-corrected chi connectivity index (χ2v) is 6.71. The Kier molecular flexibility index (Phi) is 7.25. The van der Waals surface area contributed by atoms with E-state index in [1.165, 1.54) is 0 Å². The Morgan fingerprint density at radius 2 is 1.78 bits per heavy atom. The van der Waals surface area contributed by atoms with Gasteiger partial charge < -0.3 is 14.8 Å². The number of amides is 1. The van der Waals surface area contributed by atoms with Gasteiger partial charge in [0.15, 0.2) is 6.10 Å². The van der Waals surface area contributed by atoms with Crippen molar-refractivity contribution in [1.82, 2.24) is 0 Å². The zero-order chi connectivity index (χ0) is 20.0. The van der Waals surface area contributed by atoms with Crippen LogP contribution in [-0.4, -0.2) is 24.1 Å². The van der Waals surface area contributed by atoms with Crippen molar-refractivity contribution in [2.45, 2.75) is 46.3 Å². The molecule has 0 saturated heterocycles. The number of carbonyl (C=O) groups excluding carboxylic acids is 2. The molecule has 27 heavy (non-hydrogen) atoms. The molecule has 2 unspecified atom stereocenters. The highest BCUT2D eigenvalue weighted by Gasteiger charge is 2.18. The number of rotatable bonds is 7. The molecule has 0 radical (unpaired) electrons. The van der Waals surface area contributed by atoms with Crippen LogP contribution in [0.15, 0.2) is 42.5 Å².